The van der Waals surface area contributed by atoms with Crippen LogP contribution in [-0.2, 0) is 0 Å². The summed E-state index contributed by atoms with van der Waals surface area (Å²) in [5.41, 5.74) is 0. The summed E-state index contributed by atoms with van der Waals surface area (Å²) in [5, 5.41) is 14.4. The van der Waals surface area contributed by atoms with E-state index in [1.54, 1.807) is 10.9 Å². The summed E-state index contributed by atoms with van der Waals surface area (Å²) in [6.45, 7) is 4.46. The molecule has 0 amide bonds. The summed E-state index contributed by atoms with van der Waals surface area (Å²) < 4.78 is 1.63. The van der Waals surface area contributed by atoms with E-state index in [1.165, 1.54) is 45.2 Å². The maximum absolute atomic E-state index is 10.2. The largest absolute Gasteiger partial charge is 0.359 e. The zero-order valence-corrected chi connectivity index (χ0v) is 11.5. The number of rotatable bonds is 3. The van der Waals surface area contributed by atoms with Gasteiger partial charge in [0, 0.05) is 31.5 Å². The molecule has 2 saturated heterocycles. The lowest BCUT2D eigenvalue weighted by Crippen LogP contribution is -2.48. The zero-order valence-electron chi connectivity index (χ0n) is 11.5. The third kappa shape index (κ3) is 2.99. The highest BCUT2D eigenvalue weighted by molar-refractivity contribution is 4.84. The summed E-state index contributed by atoms with van der Waals surface area (Å²) in [6, 6.07) is 2.57. The Labute approximate surface area is 114 Å². The topological polar surface area (TPSA) is 44.5 Å². The van der Waals surface area contributed by atoms with E-state index >= 15 is 0 Å². The van der Waals surface area contributed by atoms with E-state index in [0.29, 0.717) is 0 Å². The van der Waals surface area contributed by atoms with E-state index in [9.17, 15) is 5.11 Å². The summed E-state index contributed by atoms with van der Waals surface area (Å²) in [7, 11) is 0. The fraction of sp³-hybridized carbons (Fsp3) is 0.786. The second-order valence-corrected chi connectivity index (χ2v) is 5.70. The minimum Gasteiger partial charge on any atom is -0.359 e. The van der Waals surface area contributed by atoms with Crippen molar-refractivity contribution in [3.05, 3.63) is 18.5 Å². The molecule has 5 heteroatoms. The van der Waals surface area contributed by atoms with E-state index < -0.39 is 6.35 Å². The number of likely N-dealkylation sites (tertiary alicyclic amines) is 2. The van der Waals surface area contributed by atoms with Gasteiger partial charge >= 0.3 is 0 Å². The number of nitrogens with zero attached hydrogens (tertiary/aromatic N) is 4. The number of aromatic nitrogens is 2. The monoisotopic (exact) mass is 264 g/mol. The van der Waals surface area contributed by atoms with E-state index in [4.69, 9.17) is 0 Å². The Hall–Kier alpha value is -0.910. The van der Waals surface area contributed by atoms with Gasteiger partial charge in [-0.2, -0.15) is 5.10 Å². The molecule has 2 fully saturated rings. The van der Waals surface area contributed by atoms with Gasteiger partial charge in [-0.25, -0.2) is 4.68 Å². The molecule has 0 aliphatic carbocycles. The molecule has 106 valence electrons. The molecule has 1 unspecified atom stereocenters. The quantitative estimate of drug-likeness (QED) is 0.893. The molecule has 5 nitrogen and oxygen atoms in total. The fourth-order valence-corrected chi connectivity index (χ4v) is 3.35. The molecule has 0 saturated carbocycles. The average molecular weight is 264 g/mol. The van der Waals surface area contributed by atoms with Gasteiger partial charge in [0.15, 0.2) is 0 Å². The van der Waals surface area contributed by atoms with Crippen LogP contribution in [0.2, 0.25) is 0 Å². The molecule has 1 N–H and O–H groups in total. The van der Waals surface area contributed by atoms with Crippen molar-refractivity contribution in [1.82, 2.24) is 19.6 Å². The number of aliphatic hydroxyl groups is 1. The smallest absolute Gasteiger partial charge is 0.206 e. The van der Waals surface area contributed by atoms with E-state index in [0.717, 1.165) is 19.1 Å². The van der Waals surface area contributed by atoms with Crippen molar-refractivity contribution in [3.63, 3.8) is 0 Å². The van der Waals surface area contributed by atoms with Crippen molar-refractivity contribution in [3.8, 4) is 0 Å². The first-order valence-corrected chi connectivity index (χ1v) is 7.50. The maximum atomic E-state index is 10.2. The lowest BCUT2D eigenvalue weighted by molar-refractivity contribution is -0.0822. The highest BCUT2D eigenvalue weighted by Gasteiger charge is 2.28. The molecule has 3 rings (SSSR count). The molecule has 1 atom stereocenters. The number of hydrogen-bond donors (Lipinski definition) is 1. The highest BCUT2D eigenvalue weighted by atomic mass is 16.3. The molecule has 1 aromatic heterocycles. The molecule has 19 heavy (non-hydrogen) atoms. The van der Waals surface area contributed by atoms with Gasteiger partial charge < -0.3 is 10.0 Å². The van der Waals surface area contributed by atoms with Crippen LogP contribution in [0.15, 0.2) is 18.5 Å². The zero-order chi connectivity index (χ0) is 13.1. The molecule has 0 aromatic carbocycles. The first-order valence-electron chi connectivity index (χ1n) is 7.50. The molecule has 0 bridgehead atoms. The van der Waals surface area contributed by atoms with Crippen LogP contribution in [0.25, 0.3) is 0 Å². The van der Waals surface area contributed by atoms with Gasteiger partial charge in [0.2, 0.25) is 6.35 Å². The summed E-state index contributed by atoms with van der Waals surface area (Å²) in [6.07, 6.45) is 9.37. The van der Waals surface area contributed by atoms with Crippen LogP contribution < -0.4 is 0 Å². The molecule has 0 spiro atoms. The second-order valence-electron chi connectivity index (χ2n) is 5.70. The fourth-order valence-electron chi connectivity index (χ4n) is 3.35. The molecule has 2 aliphatic heterocycles. The highest BCUT2D eigenvalue weighted by Crippen LogP contribution is 2.23. The Kier molecular flexibility index (Phi) is 4.15. The van der Waals surface area contributed by atoms with E-state index in [2.05, 4.69) is 14.9 Å². The van der Waals surface area contributed by atoms with Crippen molar-refractivity contribution in [2.45, 2.75) is 44.5 Å². The van der Waals surface area contributed by atoms with Crippen LogP contribution in [0.4, 0.5) is 0 Å². The van der Waals surface area contributed by atoms with Crippen molar-refractivity contribution >= 4 is 0 Å². The Morgan fingerprint density at radius 1 is 1.05 bits per heavy atom. The lowest BCUT2D eigenvalue weighted by Gasteiger charge is -2.41. The summed E-state index contributed by atoms with van der Waals surface area (Å²) >= 11 is 0. The first kappa shape index (κ1) is 13.1. The molecular weight excluding hydrogens is 240 g/mol. The average Bonchev–Trinajstić information content (AvgIpc) is 3.02. The van der Waals surface area contributed by atoms with Gasteiger partial charge in [-0.15, -0.1) is 0 Å². The summed E-state index contributed by atoms with van der Waals surface area (Å²) in [4.78, 5) is 4.77. The summed E-state index contributed by atoms with van der Waals surface area (Å²) in [5.74, 6) is 0. The standard InChI is InChI=1S/C14H24N4O/c19-14(18-10-4-7-15-18)17-11-5-13(6-12-17)16-8-2-1-3-9-16/h4,7,10,13-14,19H,1-3,5-6,8-9,11-12H2. The Bertz CT molecular complexity index is 367. The van der Waals surface area contributed by atoms with Crippen molar-refractivity contribution in [2.75, 3.05) is 26.2 Å². The predicted octanol–water partition coefficient (Wildman–Crippen LogP) is 1.28. The van der Waals surface area contributed by atoms with Crippen LogP contribution in [0, 0.1) is 0 Å². The minimum absolute atomic E-state index is 0.600. The normalized spacial score (nSPS) is 25.5. The Morgan fingerprint density at radius 3 is 2.42 bits per heavy atom. The van der Waals surface area contributed by atoms with Gasteiger partial charge in [-0.3, -0.25) is 4.90 Å². The minimum atomic E-state index is -0.600. The van der Waals surface area contributed by atoms with Gasteiger partial charge in [0.05, 0.1) is 0 Å². The number of hydrogen-bond acceptors (Lipinski definition) is 4. The predicted molar refractivity (Wildman–Crippen MR) is 73.5 cm³/mol. The molecule has 3 heterocycles. The maximum Gasteiger partial charge on any atom is 0.206 e. The Morgan fingerprint density at radius 2 is 1.79 bits per heavy atom. The third-order valence-corrected chi connectivity index (χ3v) is 4.49. The van der Waals surface area contributed by atoms with Gasteiger partial charge in [-0.1, -0.05) is 6.42 Å². The van der Waals surface area contributed by atoms with Crippen LogP contribution in [0.5, 0.6) is 0 Å². The molecule has 2 aliphatic rings. The van der Waals surface area contributed by atoms with E-state index in [1.807, 2.05) is 12.3 Å². The molecular formula is C14H24N4O. The van der Waals surface area contributed by atoms with Gasteiger partial charge in [-0.05, 0) is 44.8 Å². The second kappa shape index (κ2) is 6.03. The van der Waals surface area contributed by atoms with Crippen LogP contribution >= 0.6 is 0 Å². The number of aliphatic hydroxyl groups excluding tert-OH is 1. The Balaban J connectivity index is 1.51. The van der Waals surface area contributed by atoms with Crippen molar-refractivity contribution in [2.24, 2.45) is 0 Å². The number of piperidine rings is 2. The van der Waals surface area contributed by atoms with Gasteiger partial charge in [0.1, 0.15) is 0 Å². The van der Waals surface area contributed by atoms with Crippen LogP contribution in [-0.4, -0.2) is 56.9 Å². The van der Waals surface area contributed by atoms with Crippen LogP contribution in [0.1, 0.15) is 38.5 Å². The lowest BCUT2D eigenvalue weighted by atomic mass is 10.00. The SMILES string of the molecule is OC(N1CCC(N2CCCCC2)CC1)n1cccn1. The van der Waals surface area contributed by atoms with Crippen molar-refractivity contribution < 1.29 is 5.11 Å². The van der Waals surface area contributed by atoms with Gasteiger partial charge in [0.25, 0.3) is 0 Å². The molecule has 1 aromatic rings. The van der Waals surface area contributed by atoms with Crippen LogP contribution in [0.3, 0.4) is 0 Å². The third-order valence-electron chi connectivity index (χ3n) is 4.49. The first-order chi connectivity index (χ1) is 9.34. The molecule has 0 radical (unpaired) electrons. The van der Waals surface area contributed by atoms with Crippen molar-refractivity contribution in [1.29, 1.82) is 0 Å². The van der Waals surface area contributed by atoms with E-state index in [-0.39, 0.29) is 0 Å².